The van der Waals surface area contributed by atoms with Gasteiger partial charge in [-0.2, -0.15) is 10.5 Å². The topological polar surface area (TPSA) is 87.9 Å². The Hall–Kier alpha value is -6.28. The lowest BCUT2D eigenvalue weighted by molar-refractivity contribution is 0.473. The van der Waals surface area contributed by atoms with E-state index < -0.39 is 0 Å². The van der Waals surface area contributed by atoms with Gasteiger partial charge in [-0.3, -0.25) is 4.85 Å². The minimum atomic E-state index is -0.213. The number of nitrogens with zero attached hydrogens (tertiary/aromatic N) is 4. The zero-order valence-corrected chi connectivity index (χ0v) is 24.6. The fourth-order valence-corrected chi connectivity index (χ4v) is 5.36. The van der Waals surface area contributed by atoms with Crippen LogP contribution in [0.25, 0.3) is 9.69 Å². The molecule has 0 aliphatic rings. The molecule has 0 aliphatic heterocycles. The van der Waals surface area contributed by atoms with Gasteiger partial charge in [0.1, 0.15) is 40.9 Å². The third kappa shape index (κ3) is 5.73. The van der Waals surface area contributed by atoms with Crippen molar-refractivity contribution in [3.8, 4) is 35.1 Å². The van der Waals surface area contributed by atoms with Crippen LogP contribution in [0.4, 0.5) is 11.4 Å². The predicted octanol–water partition coefficient (Wildman–Crippen LogP) is 10.1. The zero-order chi connectivity index (χ0) is 31.4. The molecule has 4 aromatic carbocycles. The summed E-state index contributed by atoms with van der Waals surface area (Å²) < 4.78 is 18.4. The second kappa shape index (κ2) is 12.3. The van der Waals surface area contributed by atoms with Crippen molar-refractivity contribution in [2.75, 3.05) is 0 Å². The zero-order valence-electron chi connectivity index (χ0n) is 24.6. The van der Waals surface area contributed by atoms with E-state index in [9.17, 15) is 10.5 Å². The third-order valence-corrected chi connectivity index (χ3v) is 7.32. The van der Waals surface area contributed by atoms with Crippen molar-refractivity contribution in [2.45, 2.75) is 33.6 Å². The van der Waals surface area contributed by atoms with Gasteiger partial charge in [-0.05, 0) is 104 Å². The number of benzene rings is 4. The summed E-state index contributed by atoms with van der Waals surface area (Å²) in [5, 5.41) is 18.7. The van der Waals surface area contributed by atoms with Gasteiger partial charge in [0.05, 0.1) is 36.5 Å². The molecule has 0 N–H and O–H groups in total. The molecule has 0 amide bonds. The van der Waals surface area contributed by atoms with Crippen LogP contribution in [0.15, 0.2) is 83.5 Å². The molecule has 0 spiro atoms. The number of ether oxygens (including phenoxy) is 2. The van der Waals surface area contributed by atoms with Crippen molar-refractivity contribution in [3.05, 3.63) is 152 Å². The second-order valence-electron chi connectivity index (χ2n) is 10.4. The van der Waals surface area contributed by atoms with Gasteiger partial charge in [-0.25, -0.2) is 4.85 Å². The lowest BCUT2D eigenvalue weighted by Gasteiger charge is -2.22. The van der Waals surface area contributed by atoms with Crippen LogP contribution in [-0.2, 0) is 0 Å². The van der Waals surface area contributed by atoms with Crippen molar-refractivity contribution in [2.24, 2.45) is 0 Å². The van der Waals surface area contributed by atoms with Gasteiger partial charge >= 0.3 is 0 Å². The van der Waals surface area contributed by atoms with Crippen LogP contribution < -0.4 is 9.47 Å². The molecule has 0 bridgehead atoms. The fourth-order valence-electron chi connectivity index (χ4n) is 5.36. The summed E-state index contributed by atoms with van der Waals surface area (Å²) >= 11 is 0. The maximum absolute atomic E-state index is 9.42. The van der Waals surface area contributed by atoms with E-state index in [1.54, 1.807) is 42.7 Å². The van der Waals surface area contributed by atoms with E-state index in [-0.39, 0.29) is 17.2 Å². The summed E-state index contributed by atoms with van der Waals surface area (Å²) in [7, 11) is 0. The summed E-state index contributed by atoms with van der Waals surface area (Å²) in [6, 6.07) is 26.0. The maximum atomic E-state index is 9.42. The average molecular weight is 575 g/mol. The Morgan fingerprint density at radius 3 is 1.66 bits per heavy atom. The van der Waals surface area contributed by atoms with Gasteiger partial charge in [0.15, 0.2) is 11.4 Å². The Bertz CT molecular complexity index is 1890. The highest BCUT2D eigenvalue weighted by Gasteiger charge is 2.24. The smallest absolute Gasteiger partial charge is 0.198 e. The first kappa shape index (κ1) is 29.2. The van der Waals surface area contributed by atoms with Crippen LogP contribution >= 0.6 is 0 Å². The number of furan rings is 1. The van der Waals surface area contributed by atoms with Crippen LogP contribution in [0.1, 0.15) is 56.2 Å². The van der Waals surface area contributed by atoms with Gasteiger partial charge in [-0.15, -0.1) is 0 Å². The van der Waals surface area contributed by atoms with Crippen LogP contribution in [0.3, 0.4) is 0 Å². The van der Waals surface area contributed by atoms with Crippen molar-refractivity contribution >= 4 is 11.4 Å². The van der Waals surface area contributed by atoms with Gasteiger partial charge in [0.2, 0.25) is 0 Å². The quantitative estimate of drug-likeness (QED) is 0.180. The highest BCUT2D eigenvalue weighted by Crippen LogP contribution is 2.41. The van der Waals surface area contributed by atoms with E-state index in [0.717, 1.165) is 39.1 Å². The molecule has 1 heterocycles. The normalized spacial score (nSPS) is 11.0. The number of hydrogen-bond donors (Lipinski definition) is 0. The van der Waals surface area contributed by atoms with Crippen molar-refractivity contribution < 1.29 is 13.9 Å². The molecular formula is C37H26N4O3. The molecule has 7 heteroatoms. The van der Waals surface area contributed by atoms with Crippen LogP contribution in [0.2, 0.25) is 0 Å². The second-order valence-corrected chi connectivity index (χ2v) is 10.4. The third-order valence-electron chi connectivity index (χ3n) is 7.32. The molecular weight excluding hydrogens is 548 g/mol. The first-order chi connectivity index (χ1) is 21.3. The summed E-state index contributed by atoms with van der Waals surface area (Å²) in [5.41, 5.74) is 6.80. The van der Waals surface area contributed by atoms with Crippen molar-refractivity contribution in [1.82, 2.24) is 0 Å². The molecule has 212 valence electrons. The number of hydrogen-bond acceptors (Lipinski definition) is 5. The fraction of sp³-hybridized carbons (Fsp3) is 0.135. The van der Waals surface area contributed by atoms with Gasteiger partial charge in [-0.1, -0.05) is 30.3 Å². The van der Waals surface area contributed by atoms with E-state index in [1.807, 2.05) is 45.9 Å². The van der Waals surface area contributed by atoms with E-state index >= 15 is 0 Å². The number of aryl methyl sites for hydroxylation is 4. The molecule has 5 aromatic rings. The Morgan fingerprint density at radius 1 is 0.659 bits per heavy atom. The molecule has 0 saturated heterocycles. The van der Waals surface area contributed by atoms with Crippen molar-refractivity contribution in [1.29, 1.82) is 10.5 Å². The average Bonchev–Trinajstić information content (AvgIpc) is 3.55. The summed E-state index contributed by atoms with van der Waals surface area (Å²) in [6.07, 6.45) is 1.66. The Balaban J connectivity index is 1.52. The molecule has 7 nitrogen and oxygen atoms in total. The van der Waals surface area contributed by atoms with Gasteiger partial charge < -0.3 is 13.9 Å². The summed E-state index contributed by atoms with van der Waals surface area (Å²) in [6.45, 7) is 22.6. The van der Waals surface area contributed by atoms with Gasteiger partial charge in [0, 0.05) is 0 Å². The standard InChI is InChI=1S/C37H26N4O3/c1-22-14-27(15-23(2)36(22)43-30-10-9-26(20-38)29(18-30)21-39)35(34-8-7-13-42-34)28-16-24(3)37(25(4)17-28)44-31-11-12-32(40-5)33(19-31)41-6/h7-19,35H,1-4H3. The van der Waals surface area contributed by atoms with E-state index in [0.29, 0.717) is 34.2 Å². The highest BCUT2D eigenvalue weighted by molar-refractivity contribution is 5.72. The van der Waals surface area contributed by atoms with Crippen molar-refractivity contribution in [3.63, 3.8) is 0 Å². The minimum Gasteiger partial charge on any atom is -0.468 e. The molecule has 0 saturated carbocycles. The lowest BCUT2D eigenvalue weighted by atomic mass is 9.85. The Labute approximate surface area is 256 Å². The lowest BCUT2D eigenvalue weighted by Crippen LogP contribution is -2.06. The largest absolute Gasteiger partial charge is 0.468 e. The molecule has 1 atom stereocenters. The molecule has 0 aliphatic carbocycles. The highest BCUT2D eigenvalue weighted by atomic mass is 16.5. The number of nitriles is 2. The minimum absolute atomic E-state index is 0.213. The maximum Gasteiger partial charge on any atom is 0.198 e. The monoisotopic (exact) mass is 574 g/mol. The molecule has 1 aromatic heterocycles. The predicted molar refractivity (Wildman–Crippen MR) is 166 cm³/mol. The molecule has 5 rings (SSSR count). The van der Waals surface area contributed by atoms with E-state index in [2.05, 4.69) is 40.0 Å². The number of rotatable bonds is 7. The SMILES string of the molecule is [C-]#[N+]c1ccc(Oc2c(C)cc(C(c3cc(C)c(Oc4ccc(C#N)c(C#N)c4)c(C)c3)c3ccco3)cc2C)cc1[N+]#[C-]. The van der Waals surface area contributed by atoms with E-state index in [1.165, 1.54) is 0 Å². The Kier molecular flexibility index (Phi) is 8.17. The summed E-state index contributed by atoms with van der Waals surface area (Å²) in [4.78, 5) is 6.86. The first-order valence-corrected chi connectivity index (χ1v) is 13.7. The van der Waals surface area contributed by atoms with Crippen LogP contribution in [0, 0.1) is 63.5 Å². The van der Waals surface area contributed by atoms with Crippen LogP contribution in [0.5, 0.6) is 23.0 Å². The Morgan fingerprint density at radius 2 is 1.18 bits per heavy atom. The van der Waals surface area contributed by atoms with E-state index in [4.69, 9.17) is 27.0 Å². The van der Waals surface area contributed by atoms with Gasteiger partial charge in [0.25, 0.3) is 0 Å². The molecule has 0 fully saturated rings. The first-order valence-electron chi connectivity index (χ1n) is 13.7. The van der Waals surface area contributed by atoms with Crippen LogP contribution in [-0.4, -0.2) is 0 Å². The molecule has 0 radical (unpaired) electrons. The summed E-state index contributed by atoms with van der Waals surface area (Å²) in [5.74, 6) is 2.92. The molecule has 1 unspecified atom stereocenters. The molecule has 44 heavy (non-hydrogen) atoms.